The first-order valence-electron chi connectivity index (χ1n) is 7.41. The molecule has 0 saturated heterocycles. The van der Waals surface area contributed by atoms with Gasteiger partial charge in [-0.3, -0.25) is 4.79 Å². The number of carbonyl (C=O) groups excluding carboxylic acids is 1. The number of hydrogen-bond acceptors (Lipinski definition) is 4. The highest BCUT2D eigenvalue weighted by Crippen LogP contribution is 2.27. The second-order valence-electron chi connectivity index (χ2n) is 5.46. The molecular formula is C19H20N2O3. The number of nitrogen functional groups attached to an aromatic ring is 1. The molecule has 24 heavy (non-hydrogen) atoms. The summed E-state index contributed by atoms with van der Waals surface area (Å²) in [5, 5.41) is 18.9. The lowest BCUT2D eigenvalue weighted by atomic mass is 9.94. The maximum Gasteiger partial charge on any atom is 0.248 e. The number of carbonyl (C=O) groups is 1. The molecule has 6 N–H and O–H groups in total. The van der Waals surface area contributed by atoms with E-state index < -0.39 is 11.7 Å². The van der Waals surface area contributed by atoms with E-state index in [1.165, 1.54) is 6.08 Å². The average Bonchev–Trinajstić information content (AvgIpc) is 2.56. The summed E-state index contributed by atoms with van der Waals surface area (Å²) in [6, 6.07) is 16.2. The molecule has 0 spiro atoms. The van der Waals surface area contributed by atoms with Crippen molar-refractivity contribution in [1.29, 1.82) is 0 Å². The topological polar surface area (TPSA) is 110 Å². The monoisotopic (exact) mass is 324 g/mol. The minimum absolute atomic E-state index is 0.244. The van der Waals surface area contributed by atoms with E-state index in [2.05, 4.69) is 0 Å². The summed E-state index contributed by atoms with van der Waals surface area (Å²) in [5.74, 6) is -2.13. The fourth-order valence-electron chi connectivity index (χ4n) is 2.21. The van der Waals surface area contributed by atoms with Crippen molar-refractivity contribution in [3.63, 3.8) is 0 Å². The number of amides is 1. The summed E-state index contributed by atoms with van der Waals surface area (Å²) < 4.78 is 0. The van der Waals surface area contributed by atoms with E-state index in [9.17, 15) is 15.0 Å². The number of benzene rings is 2. The Balaban J connectivity index is 0.000000185. The lowest BCUT2D eigenvalue weighted by molar-refractivity contribution is -0.113. The van der Waals surface area contributed by atoms with Gasteiger partial charge in [-0.15, -0.1) is 0 Å². The van der Waals surface area contributed by atoms with Gasteiger partial charge in [0.05, 0.1) is 0 Å². The van der Waals surface area contributed by atoms with Crippen molar-refractivity contribution < 1.29 is 15.0 Å². The van der Waals surface area contributed by atoms with E-state index in [1.54, 1.807) is 30.3 Å². The number of aliphatic hydroxyl groups is 2. The van der Waals surface area contributed by atoms with Crippen LogP contribution in [-0.4, -0.2) is 21.9 Å². The SMILES string of the molecule is NC(=O)c1ccc(N)cc1.OC1(O)C=CC=C(c2ccccc2)C1. The van der Waals surface area contributed by atoms with Crippen LogP contribution in [0.4, 0.5) is 5.69 Å². The van der Waals surface area contributed by atoms with Crippen LogP contribution in [0.2, 0.25) is 0 Å². The number of rotatable bonds is 2. The maximum absolute atomic E-state index is 10.5. The zero-order valence-corrected chi connectivity index (χ0v) is 13.1. The molecule has 3 rings (SSSR count). The van der Waals surface area contributed by atoms with Gasteiger partial charge in [-0.05, 0) is 41.5 Å². The minimum Gasteiger partial charge on any atom is -0.399 e. The third kappa shape index (κ3) is 5.08. The van der Waals surface area contributed by atoms with Crippen LogP contribution in [0.3, 0.4) is 0 Å². The molecule has 0 fully saturated rings. The fourth-order valence-corrected chi connectivity index (χ4v) is 2.21. The van der Waals surface area contributed by atoms with Crippen LogP contribution in [-0.2, 0) is 0 Å². The molecular weight excluding hydrogens is 304 g/mol. The van der Waals surface area contributed by atoms with Gasteiger partial charge in [0.15, 0.2) is 5.79 Å². The predicted octanol–water partition coefficient (Wildman–Crippen LogP) is 2.08. The van der Waals surface area contributed by atoms with E-state index in [4.69, 9.17) is 11.5 Å². The van der Waals surface area contributed by atoms with Gasteiger partial charge in [0.1, 0.15) is 0 Å². The van der Waals surface area contributed by atoms with E-state index in [0.717, 1.165) is 11.1 Å². The molecule has 2 aromatic rings. The molecule has 0 bridgehead atoms. The summed E-state index contributed by atoms with van der Waals surface area (Å²) in [4.78, 5) is 10.5. The first kappa shape index (κ1) is 17.5. The van der Waals surface area contributed by atoms with Gasteiger partial charge in [-0.25, -0.2) is 0 Å². The zero-order chi connectivity index (χ0) is 17.6. The minimum atomic E-state index is -1.69. The van der Waals surface area contributed by atoms with Crippen molar-refractivity contribution in [1.82, 2.24) is 0 Å². The van der Waals surface area contributed by atoms with E-state index in [1.807, 2.05) is 36.4 Å². The van der Waals surface area contributed by atoms with Crippen LogP contribution in [0.25, 0.3) is 5.57 Å². The van der Waals surface area contributed by atoms with E-state index in [0.29, 0.717) is 11.3 Å². The number of allylic oxidation sites excluding steroid dienone is 2. The van der Waals surface area contributed by atoms with Crippen LogP contribution in [0.1, 0.15) is 22.3 Å². The first-order valence-corrected chi connectivity index (χ1v) is 7.41. The molecule has 1 aliphatic carbocycles. The van der Waals surface area contributed by atoms with Crippen molar-refractivity contribution in [2.45, 2.75) is 12.2 Å². The van der Waals surface area contributed by atoms with Crippen molar-refractivity contribution in [2.75, 3.05) is 5.73 Å². The number of anilines is 1. The van der Waals surface area contributed by atoms with Crippen molar-refractivity contribution >= 4 is 17.2 Å². The third-order valence-electron chi connectivity index (χ3n) is 3.45. The van der Waals surface area contributed by atoms with Crippen LogP contribution < -0.4 is 11.5 Å². The Hall–Kier alpha value is -2.89. The van der Waals surface area contributed by atoms with Gasteiger partial charge in [0, 0.05) is 17.7 Å². The van der Waals surface area contributed by atoms with Crippen LogP contribution in [0, 0.1) is 0 Å². The average molecular weight is 324 g/mol. The van der Waals surface area contributed by atoms with E-state index in [-0.39, 0.29) is 6.42 Å². The molecule has 5 nitrogen and oxygen atoms in total. The van der Waals surface area contributed by atoms with Crippen molar-refractivity contribution in [2.24, 2.45) is 5.73 Å². The molecule has 0 saturated carbocycles. The summed E-state index contributed by atoms with van der Waals surface area (Å²) in [7, 11) is 0. The molecule has 124 valence electrons. The van der Waals surface area contributed by atoms with Crippen LogP contribution >= 0.6 is 0 Å². The lowest BCUT2D eigenvalue weighted by Gasteiger charge is -2.22. The summed E-state index contributed by atoms with van der Waals surface area (Å²) in [6.45, 7) is 0. The second kappa shape index (κ2) is 7.59. The number of nitrogens with two attached hydrogens (primary N) is 2. The molecule has 0 radical (unpaired) electrons. The van der Waals surface area contributed by atoms with Crippen molar-refractivity contribution in [3.05, 3.63) is 84.0 Å². The highest BCUT2D eigenvalue weighted by Gasteiger charge is 2.23. The fraction of sp³-hybridized carbons (Fsp3) is 0.105. The highest BCUT2D eigenvalue weighted by atomic mass is 16.5. The van der Waals surface area contributed by atoms with Crippen LogP contribution in [0.5, 0.6) is 0 Å². The first-order chi connectivity index (χ1) is 11.4. The Morgan fingerprint density at radius 2 is 1.62 bits per heavy atom. The maximum atomic E-state index is 10.5. The molecule has 0 aromatic heterocycles. The Bertz CT molecular complexity index is 748. The molecule has 0 heterocycles. The summed E-state index contributed by atoms with van der Waals surface area (Å²) >= 11 is 0. The predicted molar refractivity (Wildman–Crippen MR) is 94.7 cm³/mol. The van der Waals surface area contributed by atoms with Gasteiger partial charge in [-0.1, -0.05) is 42.5 Å². The summed E-state index contributed by atoms with van der Waals surface area (Å²) in [5.41, 5.74) is 13.4. The third-order valence-corrected chi connectivity index (χ3v) is 3.45. The molecule has 1 aliphatic rings. The second-order valence-corrected chi connectivity index (χ2v) is 5.46. The van der Waals surface area contributed by atoms with Gasteiger partial charge in [0.2, 0.25) is 5.91 Å². The largest absolute Gasteiger partial charge is 0.399 e. The summed E-state index contributed by atoms with van der Waals surface area (Å²) in [6.07, 6.45) is 5.21. The van der Waals surface area contributed by atoms with Crippen LogP contribution in [0.15, 0.2) is 72.8 Å². The molecule has 2 aromatic carbocycles. The van der Waals surface area contributed by atoms with Gasteiger partial charge < -0.3 is 21.7 Å². The Morgan fingerprint density at radius 3 is 2.17 bits per heavy atom. The normalized spacial score (nSPS) is 15.0. The lowest BCUT2D eigenvalue weighted by Crippen LogP contribution is -2.26. The molecule has 5 heteroatoms. The number of primary amides is 1. The Morgan fingerprint density at radius 1 is 1.00 bits per heavy atom. The van der Waals surface area contributed by atoms with Gasteiger partial charge in [0.25, 0.3) is 0 Å². The van der Waals surface area contributed by atoms with Gasteiger partial charge >= 0.3 is 0 Å². The van der Waals surface area contributed by atoms with E-state index >= 15 is 0 Å². The molecule has 0 aliphatic heterocycles. The van der Waals surface area contributed by atoms with Crippen molar-refractivity contribution in [3.8, 4) is 0 Å². The molecule has 1 amide bonds. The standard InChI is InChI=1S/C12H12O2.C7H8N2O/c13-12(14)8-4-7-11(9-12)10-5-2-1-3-6-10;8-6-3-1-5(2-4-6)7(9)10/h1-8,13-14H,9H2;1-4H,8H2,(H2,9,10). The highest BCUT2D eigenvalue weighted by molar-refractivity contribution is 5.93. The smallest absolute Gasteiger partial charge is 0.248 e. The quantitative estimate of drug-likeness (QED) is 0.501. The Kier molecular flexibility index (Phi) is 5.52. The Labute approximate surface area is 140 Å². The molecule has 0 unspecified atom stereocenters. The molecule has 0 atom stereocenters. The van der Waals surface area contributed by atoms with Gasteiger partial charge in [-0.2, -0.15) is 0 Å². The zero-order valence-electron chi connectivity index (χ0n) is 13.1. The number of hydrogen-bond donors (Lipinski definition) is 4.